The Morgan fingerprint density at radius 3 is 2.12 bits per heavy atom. The molecule has 4 nitrogen and oxygen atoms in total. The van der Waals surface area contributed by atoms with Crippen molar-refractivity contribution >= 4 is 24.4 Å². The molecule has 4 rings (SSSR count). The minimum Gasteiger partial charge on any atom is -0.507 e. The van der Waals surface area contributed by atoms with Crippen LogP contribution in [-0.4, -0.2) is 16.9 Å². The molecule has 3 aromatic rings. The minimum absolute atomic E-state index is 0.285. The molecule has 1 aliphatic carbocycles. The first-order valence-electron chi connectivity index (χ1n) is 11.0. The summed E-state index contributed by atoms with van der Waals surface area (Å²) in [6.07, 6.45) is 8.14. The van der Waals surface area contributed by atoms with E-state index in [4.69, 9.17) is 14.6 Å². The lowest BCUT2D eigenvalue weighted by Gasteiger charge is -2.18. The number of carbonyl (C=O) groups is 1. The molecule has 4 heteroatoms. The monoisotopic (exact) mass is 456 g/mol. The zero-order chi connectivity index (χ0) is 25.0. The van der Waals surface area contributed by atoms with E-state index in [-0.39, 0.29) is 5.75 Å². The average molecular weight is 457 g/mol. The van der Waals surface area contributed by atoms with Crippen molar-refractivity contribution < 1.29 is 19.4 Å². The van der Waals surface area contributed by atoms with Crippen LogP contribution in [0.1, 0.15) is 43.0 Å². The first-order chi connectivity index (χ1) is 16.2. The SMILES string of the molecule is C1=Cc2ccccc2C1.C=Cc1ccc(OC(=O)OC(C)(C)C)cc1.C=Cc1ccccc1O. The number of rotatable bonds is 3. The van der Waals surface area contributed by atoms with Crippen molar-refractivity contribution in [3.8, 4) is 11.5 Å². The Morgan fingerprint density at radius 1 is 0.912 bits per heavy atom. The Bertz CT molecular complexity index is 1110. The van der Waals surface area contributed by atoms with Crippen LogP contribution in [0, 0.1) is 0 Å². The first kappa shape index (κ1) is 26.2. The van der Waals surface area contributed by atoms with E-state index in [9.17, 15) is 4.79 Å². The molecular formula is C30H32O4. The fourth-order valence-electron chi connectivity index (χ4n) is 2.89. The lowest BCUT2D eigenvalue weighted by Crippen LogP contribution is -2.25. The second-order valence-electron chi connectivity index (χ2n) is 8.41. The second kappa shape index (κ2) is 12.9. The van der Waals surface area contributed by atoms with Crippen molar-refractivity contribution in [1.29, 1.82) is 0 Å². The Morgan fingerprint density at radius 2 is 1.56 bits per heavy atom. The summed E-state index contributed by atoms with van der Waals surface area (Å²) >= 11 is 0. The fourth-order valence-corrected chi connectivity index (χ4v) is 2.89. The van der Waals surface area contributed by atoms with Crippen LogP contribution in [0.5, 0.6) is 11.5 Å². The summed E-state index contributed by atoms with van der Waals surface area (Å²) in [7, 11) is 0. The molecule has 1 aliphatic rings. The van der Waals surface area contributed by atoms with Crippen LogP contribution in [-0.2, 0) is 11.2 Å². The molecule has 0 unspecified atom stereocenters. The standard InChI is InChI=1S/C13H16O3.C9H8.C8H8O/c1-5-10-6-8-11(9-7-10)15-12(14)16-13(2,3)4;1-2-5-9-7-3-6-8(9)4-1;1-2-7-5-3-4-6-8(7)9/h5-9H,1H2,2-4H3;1-6H,7H2;2-6,9H,1H2. The highest BCUT2D eigenvalue weighted by atomic mass is 16.7. The number of hydrogen-bond donors (Lipinski definition) is 1. The first-order valence-corrected chi connectivity index (χ1v) is 11.0. The Kier molecular flexibility index (Phi) is 9.90. The third-order valence-electron chi connectivity index (χ3n) is 4.55. The van der Waals surface area contributed by atoms with Gasteiger partial charge in [0.2, 0.25) is 0 Å². The smallest absolute Gasteiger partial charge is 0.507 e. The molecule has 0 fully saturated rings. The van der Waals surface area contributed by atoms with E-state index < -0.39 is 11.8 Å². The van der Waals surface area contributed by atoms with E-state index in [1.54, 1.807) is 57.2 Å². The van der Waals surface area contributed by atoms with E-state index in [0.717, 1.165) is 17.5 Å². The zero-order valence-electron chi connectivity index (χ0n) is 20.0. The maximum atomic E-state index is 11.3. The molecule has 0 heterocycles. The van der Waals surface area contributed by atoms with Gasteiger partial charge in [0.25, 0.3) is 0 Å². The summed E-state index contributed by atoms with van der Waals surface area (Å²) in [5.41, 5.74) is 4.04. The number of allylic oxidation sites excluding steroid dienone is 1. The van der Waals surface area contributed by atoms with Crippen molar-refractivity contribution in [1.82, 2.24) is 0 Å². The lowest BCUT2D eigenvalue weighted by atomic mass is 10.1. The number of carbonyl (C=O) groups excluding carboxylic acids is 1. The predicted molar refractivity (Wildman–Crippen MR) is 141 cm³/mol. The highest BCUT2D eigenvalue weighted by Gasteiger charge is 2.17. The van der Waals surface area contributed by atoms with E-state index in [1.807, 2.05) is 24.3 Å². The quantitative estimate of drug-likeness (QED) is 0.321. The van der Waals surface area contributed by atoms with Crippen LogP contribution in [0.3, 0.4) is 0 Å². The van der Waals surface area contributed by atoms with Crippen LogP contribution in [0.15, 0.2) is 92.0 Å². The van der Waals surface area contributed by atoms with Gasteiger partial charge in [0.15, 0.2) is 0 Å². The van der Waals surface area contributed by atoms with Gasteiger partial charge in [-0.25, -0.2) is 4.79 Å². The molecule has 3 aromatic carbocycles. The number of hydrogen-bond acceptors (Lipinski definition) is 4. The van der Waals surface area contributed by atoms with E-state index in [2.05, 4.69) is 49.6 Å². The van der Waals surface area contributed by atoms with Crippen LogP contribution in [0.2, 0.25) is 0 Å². The summed E-state index contributed by atoms with van der Waals surface area (Å²) in [6.45, 7) is 12.5. The van der Waals surface area contributed by atoms with Crippen LogP contribution in [0.25, 0.3) is 18.2 Å². The normalized spacial score (nSPS) is 11.0. The molecule has 0 atom stereocenters. The van der Waals surface area contributed by atoms with E-state index >= 15 is 0 Å². The molecule has 0 aromatic heterocycles. The number of para-hydroxylation sites is 1. The number of phenolic OH excluding ortho intramolecular Hbond substituents is 1. The molecule has 0 spiro atoms. The van der Waals surface area contributed by atoms with Crippen LogP contribution in [0.4, 0.5) is 4.79 Å². The molecule has 0 radical (unpaired) electrons. The van der Waals surface area contributed by atoms with Crippen molar-refractivity contribution in [2.45, 2.75) is 32.8 Å². The molecule has 0 amide bonds. The van der Waals surface area contributed by atoms with Gasteiger partial charge in [0.05, 0.1) is 0 Å². The van der Waals surface area contributed by atoms with E-state index in [1.165, 1.54) is 11.1 Å². The predicted octanol–water partition coefficient (Wildman–Crippen LogP) is 7.93. The van der Waals surface area contributed by atoms with Gasteiger partial charge in [-0.05, 0) is 62.1 Å². The second-order valence-corrected chi connectivity index (χ2v) is 8.41. The summed E-state index contributed by atoms with van der Waals surface area (Å²) in [5.74, 6) is 0.743. The summed E-state index contributed by atoms with van der Waals surface area (Å²) < 4.78 is 10.0. The van der Waals surface area contributed by atoms with Crippen LogP contribution < -0.4 is 4.74 Å². The molecule has 0 aliphatic heterocycles. The maximum Gasteiger partial charge on any atom is 0.514 e. The average Bonchev–Trinajstić information content (AvgIpc) is 3.28. The Labute approximate surface area is 202 Å². The van der Waals surface area contributed by atoms with Gasteiger partial charge in [0, 0.05) is 5.56 Å². The largest absolute Gasteiger partial charge is 0.514 e. The number of phenols is 1. The number of benzene rings is 3. The third-order valence-corrected chi connectivity index (χ3v) is 4.55. The molecule has 34 heavy (non-hydrogen) atoms. The highest BCUT2D eigenvalue weighted by molar-refractivity contribution is 5.64. The maximum absolute atomic E-state index is 11.3. The third kappa shape index (κ3) is 9.21. The van der Waals surface area contributed by atoms with Crippen molar-refractivity contribution in [3.05, 3.63) is 114 Å². The molecule has 1 N–H and O–H groups in total. The Balaban J connectivity index is 0.000000192. The number of fused-ring (bicyclic) bond motifs is 1. The number of ether oxygens (including phenoxy) is 2. The van der Waals surface area contributed by atoms with Gasteiger partial charge in [-0.3, -0.25) is 0 Å². The lowest BCUT2D eigenvalue weighted by molar-refractivity contribution is 0.0206. The van der Waals surface area contributed by atoms with Gasteiger partial charge in [-0.15, -0.1) is 0 Å². The molecule has 0 bridgehead atoms. The van der Waals surface area contributed by atoms with Gasteiger partial charge < -0.3 is 14.6 Å². The highest BCUT2D eigenvalue weighted by Crippen LogP contribution is 2.18. The molecule has 0 saturated heterocycles. The molecule has 0 saturated carbocycles. The van der Waals surface area contributed by atoms with Crippen molar-refractivity contribution in [2.24, 2.45) is 0 Å². The van der Waals surface area contributed by atoms with Gasteiger partial charge >= 0.3 is 6.16 Å². The number of aromatic hydroxyl groups is 1. The Hall–Kier alpha value is -4.05. The summed E-state index contributed by atoms with van der Waals surface area (Å²) in [5, 5.41) is 9.04. The summed E-state index contributed by atoms with van der Waals surface area (Å²) in [6, 6.07) is 22.6. The summed E-state index contributed by atoms with van der Waals surface area (Å²) in [4.78, 5) is 11.3. The topological polar surface area (TPSA) is 55.8 Å². The van der Waals surface area contributed by atoms with Crippen LogP contribution >= 0.6 is 0 Å². The minimum atomic E-state index is -0.696. The fraction of sp³-hybridized carbons (Fsp3) is 0.167. The van der Waals surface area contributed by atoms with Crippen molar-refractivity contribution in [3.63, 3.8) is 0 Å². The van der Waals surface area contributed by atoms with E-state index in [0.29, 0.717) is 5.75 Å². The van der Waals surface area contributed by atoms with Crippen molar-refractivity contribution in [2.75, 3.05) is 0 Å². The molecular weight excluding hydrogens is 424 g/mol. The van der Waals surface area contributed by atoms with Gasteiger partial charge in [0.1, 0.15) is 17.1 Å². The van der Waals surface area contributed by atoms with Gasteiger partial charge in [-0.2, -0.15) is 0 Å². The zero-order valence-corrected chi connectivity index (χ0v) is 20.0. The molecule has 176 valence electrons. The van der Waals surface area contributed by atoms with Gasteiger partial charge in [-0.1, -0.05) is 92.1 Å².